The van der Waals surface area contributed by atoms with Crippen molar-refractivity contribution < 1.29 is 8.42 Å². The molecule has 5 nitrogen and oxygen atoms in total. The number of hydrogen-bond acceptors (Lipinski definition) is 5. The number of nitrogens with zero attached hydrogens (tertiary/aromatic N) is 3. The average molecular weight is 334 g/mol. The molecule has 20 heavy (non-hydrogen) atoms. The Morgan fingerprint density at radius 2 is 1.90 bits per heavy atom. The summed E-state index contributed by atoms with van der Waals surface area (Å²) in [6, 6.07) is 6.62. The van der Waals surface area contributed by atoms with Crippen LogP contribution in [0.5, 0.6) is 0 Å². The van der Waals surface area contributed by atoms with Crippen molar-refractivity contribution in [3.8, 4) is 0 Å². The number of aliphatic imine (C=N–C) groups is 2. The van der Waals surface area contributed by atoms with Crippen LogP contribution in [-0.4, -0.2) is 30.9 Å². The monoisotopic (exact) mass is 333 g/mol. The van der Waals surface area contributed by atoms with Gasteiger partial charge in [0.05, 0.1) is 15.8 Å². The number of para-hydroxylation sites is 1. The van der Waals surface area contributed by atoms with E-state index >= 15 is 0 Å². The molecule has 1 aromatic rings. The van der Waals surface area contributed by atoms with Crippen LogP contribution >= 0.6 is 23.2 Å². The molecule has 0 spiro atoms. The molecular weight excluding hydrogens is 321 g/mol. The molecule has 0 bridgehead atoms. The third-order valence-corrected chi connectivity index (χ3v) is 5.53. The highest BCUT2D eigenvalue weighted by molar-refractivity contribution is 7.92. The van der Waals surface area contributed by atoms with E-state index < -0.39 is 15.1 Å². The lowest BCUT2D eigenvalue weighted by Crippen LogP contribution is -2.32. The molecular formula is C12H13Cl2N3O2S. The minimum Gasteiger partial charge on any atom is -0.295 e. The predicted molar refractivity (Wildman–Crippen MR) is 82.7 cm³/mol. The molecule has 0 amide bonds. The summed E-state index contributed by atoms with van der Waals surface area (Å²) in [4.78, 5) is 9.49. The van der Waals surface area contributed by atoms with Gasteiger partial charge in [-0.3, -0.25) is 4.90 Å². The zero-order valence-electron chi connectivity index (χ0n) is 10.9. The predicted octanol–water partition coefficient (Wildman–Crippen LogP) is 2.84. The van der Waals surface area contributed by atoms with Gasteiger partial charge < -0.3 is 0 Å². The van der Waals surface area contributed by atoms with Gasteiger partial charge in [0.25, 0.3) is 0 Å². The summed E-state index contributed by atoms with van der Waals surface area (Å²) in [7, 11) is -3.43. The molecule has 108 valence electrons. The Hall–Kier alpha value is -1.11. The molecule has 8 heteroatoms. The summed E-state index contributed by atoms with van der Waals surface area (Å²) in [6.45, 7) is 3.39. The van der Waals surface area contributed by atoms with Crippen LogP contribution in [0.2, 0.25) is 0 Å². The Kier molecular flexibility index (Phi) is 4.36. The van der Waals surface area contributed by atoms with Gasteiger partial charge >= 0.3 is 0 Å². The van der Waals surface area contributed by atoms with E-state index in [9.17, 15) is 8.42 Å². The van der Waals surface area contributed by atoms with Gasteiger partial charge in [0.15, 0.2) is 9.84 Å². The summed E-state index contributed by atoms with van der Waals surface area (Å²) in [5.41, 5.74) is 0.447. The zero-order valence-corrected chi connectivity index (χ0v) is 13.2. The first-order valence-electron chi connectivity index (χ1n) is 5.88. The number of rotatable bonds is 3. The van der Waals surface area contributed by atoms with Crippen molar-refractivity contribution in [1.82, 2.24) is 0 Å². The van der Waals surface area contributed by atoms with E-state index in [0.29, 0.717) is 5.69 Å². The smallest absolute Gasteiger partial charge is 0.222 e. The van der Waals surface area contributed by atoms with Crippen LogP contribution in [0.3, 0.4) is 0 Å². The molecule has 0 saturated heterocycles. The molecule has 0 aliphatic carbocycles. The van der Waals surface area contributed by atoms with Crippen LogP contribution in [-0.2, 0) is 9.84 Å². The minimum atomic E-state index is -3.43. The Morgan fingerprint density at radius 3 is 2.50 bits per heavy atom. The second-order valence-electron chi connectivity index (χ2n) is 4.44. The molecule has 1 heterocycles. The van der Waals surface area contributed by atoms with Gasteiger partial charge in [-0.15, -0.1) is 0 Å². The van der Waals surface area contributed by atoms with E-state index in [1.807, 2.05) is 0 Å². The molecule has 1 aliphatic rings. The van der Waals surface area contributed by atoms with Crippen molar-refractivity contribution in [3.05, 3.63) is 24.3 Å². The van der Waals surface area contributed by atoms with E-state index in [1.165, 1.54) is 4.90 Å². The molecule has 0 aromatic heterocycles. The number of benzene rings is 1. The Balaban J connectivity index is 2.53. The average Bonchev–Trinajstić information content (AvgIpc) is 2.38. The summed E-state index contributed by atoms with van der Waals surface area (Å²) in [5, 5.41) is -0.386. The van der Waals surface area contributed by atoms with E-state index in [4.69, 9.17) is 23.2 Å². The molecule has 0 fully saturated rings. The van der Waals surface area contributed by atoms with Crippen molar-refractivity contribution in [2.24, 2.45) is 9.98 Å². The summed E-state index contributed by atoms with van der Waals surface area (Å²) in [5.74, 6) is 0. The van der Waals surface area contributed by atoms with E-state index in [-0.39, 0.29) is 22.2 Å². The topological polar surface area (TPSA) is 62.1 Å². The van der Waals surface area contributed by atoms with Crippen molar-refractivity contribution >= 4 is 49.3 Å². The fourth-order valence-electron chi connectivity index (χ4n) is 1.71. The van der Waals surface area contributed by atoms with Crippen LogP contribution < -0.4 is 4.90 Å². The van der Waals surface area contributed by atoms with Crippen molar-refractivity contribution in [2.75, 3.05) is 11.6 Å². The minimum absolute atomic E-state index is 0.0513. The van der Waals surface area contributed by atoms with Crippen molar-refractivity contribution in [1.29, 1.82) is 0 Å². The Labute approximate surface area is 127 Å². The van der Waals surface area contributed by atoms with Crippen LogP contribution in [0, 0.1) is 0 Å². The third kappa shape index (κ3) is 2.82. The first kappa shape index (κ1) is 15.3. The number of hydrogen-bond donors (Lipinski definition) is 0. The van der Waals surface area contributed by atoms with Gasteiger partial charge in [0.1, 0.15) is 6.67 Å². The SMILES string of the molecule is CC(C)S(=O)(=O)c1ccccc1N1CN=C(Cl)N=C1Cl. The Bertz CT molecular complexity index is 684. The maximum Gasteiger partial charge on any atom is 0.222 e. The highest BCUT2D eigenvalue weighted by Gasteiger charge is 2.27. The second kappa shape index (κ2) is 5.71. The van der Waals surface area contributed by atoms with Crippen molar-refractivity contribution in [3.63, 3.8) is 0 Å². The Morgan fingerprint density at radius 1 is 1.25 bits per heavy atom. The first-order valence-corrected chi connectivity index (χ1v) is 8.19. The number of anilines is 1. The second-order valence-corrected chi connectivity index (χ2v) is 7.59. The molecule has 0 N–H and O–H groups in total. The standard InChI is InChI=1S/C12H13Cl2N3O2S/c1-8(2)20(18,19)10-6-4-3-5-9(10)17-7-15-11(13)16-12(17)14/h3-6,8H,7H2,1-2H3. The molecule has 0 saturated carbocycles. The fourth-order valence-corrected chi connectivity index (χ4v) is 3.36. The van der Waals surface area contributed by atoms with Gasteiger partial charge in [-0.1, -0.05) is 12.1 Å². The van der Waals surface area contributed by atoms with Crippen LogP contribution in [0.25, 0.3) is 0 Å². The summed E-state index contributed by atoms with van der Waals surface area (Å²) < 4.78 is 24.8. The lowest BCUT2D eigenvalue weighted by molar-refractivity contribution is 0.587. The molecule has 1 aliphatic heterocycles. The number of halogens is 2. The van der Waals surface area contributed by atoms with Gasteiger partial charge in [0.2, 0.25) is 10.6 Å². The van der Waals surface area contributed by atoms with Crippen LogP contribution in [0.1, 0.15) is 13.8 Å². The largest absolute Gasteiger partial charge is 0.295 e. The van der Waals surface area contributed by atoms with Gasteiger partial charge in [-0.05, 0) is 49.2 Å². The molecule has 2 rings (SSSR count). The highest BCUT2D eigenvalue weighted by Crippen LogP contribution is 2.29. The van der Waals surface area contributed by atoms with Crippen LogP contribution in [0.15, 0.2) is 39.1 Å². The maximum absolute atomic E-state index is 12.4. The zero-order chi connectivity index (χ0) is 14.9. The molecule has 0 radical (unpaired) electrons. The number of amidine groups is 2. The van der Waals surface area contributed by atoms with Crippen molar-refractivity contribution in [2.45, 2.75) is 24.0 Å². The quantitative estimate of drug-likeness (QED) is 0.799. The highest BCUT2D eigenvalue weighted by atomic mass is 35.5. The lowest BCUT2D eigenvalue weighted by Gasteiger charge is -2.25. The maximum atomic E-state index is 12.4. The summed E-state index contributed by atoms with van der Waals surface area (Å²) in [6.07, 6.45) is 0. The first-order chi connectivity index (χ1) is 9.34. The summed E-state index contributed by atoms with van der Waals surface area (Å²) >= 11 is 11.7. The fraction of sp³-hybridized carbons (Fsp3) is 0.333. The lowest BCUT2D eigenvalue weighted by atomic mass is 10.3. The van der Waals surface area contributed by atoms with E-state index in [2.05, 4.69) is 9.98 Å². The van der Waals surface area contributed by atoms with E-state index in [1.54, 1.807) is 38.1 Å². The molecule has 1 aromatic carbocycles. The molecule has 0 unspecified atom stereocenters. The van der Waals surface area contributed by atoms with Gasteiger partial charge in [0, 0.05) is 0 Å². The van der Waals surface area contributed by atoms with Crippen LogP contribution in [0.4, 0.5) is 5.69 Å². The van der Waals surface area contributed by atoms with Gasteiger partial charge in [-0.2, -0.15) is 4.99 Å². The number of sulfone groups is 1. The molecule has 0 atom stereocenters. The van der Waals surface area contributed by atoms with Gasteiger partial charge in [-0.25, -0.2) is 13.4 Å². The normalized spacial score (nSPS) is 16.1. The van der Waals surface area contributed by atoms with E-state index in [0.717, 1.165) is 0 Å². The third-order valence-electron chi connectivity index (χ3n) is 2.83.